The molecule has 6 heteroatoms. The van der Waals surface area contributed by atoms with Crippen molar-refractivity contribution in [2.24, 2.45) is 7.05 Å². The topological polar surface area (TPSA) is 44.9 Å². The molecule has 0 aromatic carbocycles. The number of nitrogens with zero attached hydrogens (tertiary/aromatic N) is 4. The summed E-state index contributed by atoms with van der Waals surface area (Å²) < 4.78 is 10.0. The molecule has 0 spiro atoms. The average Bonchev–Trinajstić information content (AvgIpc) is 3.00. The first-order valence-corrected chi connectivity index (χ1v) is 8.36. The van der Waals surface area contributed by atoms with Crippen LogP contribution >= 0.6 is 11.6 Å². The zero-order chi connectivity index (χ0) is 14.8. The van der Waals surface area contributed by atoms with Crippen LogP contribution in [0.2, 0.25) is 0 Å². The number of hydrogen-bond acceptors (Lipinski definition) is 3. The van der Waals surface area contributed by atoms with Gasteiger partial charge in [0.25, 0.3) is 0 Å². The number of hydrogen-bond donors (Lipinski definition) is 0. The predicted octanol–water partition coefficient (Wildman–Crippen LogP) is 3.03. The summed E-state index contributed by atoms with van der Waals surface area (Å²) in [5.74, 6) is 1.35. The second-order valence-corrected chi connectivity index (χ2v) is 6.02. The molecule has 0 radical (unpaired) electrons. The Balaban J connectivity index is 1.98. The normalized spacial score (nSPS) is 19.5. The lowest BCUT2D eigenvalue weighted by atomic mass is 10.1. The van der Waals surface area contributed by atoms with Crippen molar-refractivity contribution < 1.29 is 4.74 Å². The van der Waals surface area contributed by atoms with Crippen LogP contribution in [-0.4, -0.2) is 32.0 Å². The first-order chi connectivity index (χ1) is 10.2. The van der Waals surface area contributed by atoms with E-state index >= 15 is 0 Å². The highest BCUT2D eigenvalue weighted by atomic mass is 35.5. The second kappa shape index (κ2) is 6.36. The van der Waals surface area contributed by atoms with Gasteiger partial charge in [-0.05, 0) is 25.7 Å². The lowest BCUT2D eigenvalue weighted by Crippen LogP contribution is -2.25. The first-order valence-electron chi connectivity index (χ1n) is 7.83. The molecule has 1 aliphatic rings. The Hall–Kier alpha value is -1.07. The molecule has 0 bridgehead atoms. The number of aromatic nitrogens is 4. The van der Waals surface area contributed by atoms with Crippen LogP contribution in [0.15, 0.2) is 0 Å². The highest BCUT2D eigenvalue weighted by molar-refractivity contribution is 6.16. The summed E-state index contributed by atoms with van der Waals surface area (Å²) in [6.07, 6.45) is 5.82. The van der Waals surface area contributed by atoms with E-state index in [4.69, 9.17) is 21.3 Å². The molecule has 0 aliphatic carbocycles. The summed E-state index contributed by atoms with van der Waals surface area (Å²) in [7, 11) is 1.99. The Morgan fingerprint density at radius 2 is 2.24 bits per heavy atom. The molecule has 1 fully saturated rings. The van der Waals surface area contributed by atoms with Gasteiger partial charge in [0.15, 0.2) is 5.65 Å². The van der Waals surface area contributed by atoms with E-state index in [0.29, 0.717) is 5.88 Å². The van der Waals surface area contributed by atoms with Gasteiger partial charge in [0, 0.05) is 13.7 Å². The van der Waals surface area contributed by atoms with Gasteiger partial charge in [-0.15, -0.1) is 11.6 Å². The number of alkyl halides is 1. The van der Waals surface area contributed by atoms with Gasteiger partial charge in [-0.3, -0.25) is 4.68 Å². The minimum Gasteiger partial charge on any atom is -0.376 e. The third-order valence-corrected chi connectivity index (χ3v) is 4.38. The quantitative estimate of drug-likeness (QED) is 0.797. The Kier molecular flexibility index (Phi) is 4.50. The summed E-state index contributed by atoms with van der Waals surface area (Å²) in [6.45, 7) is 3.85. The van der Waals surface area contributed by atoms with Crippen LogP contribution in [0.25, 0.3) is 11.2 Å². The van der Waals surface area contributed by atoms with Crippen molar-refractivity contribution >= 4 is 22.8 Å². The molecule has 1 aliphatic heterocycles. The zero-order valence-electron chi connectivity index (χ0n) is 12.8. The predicted molar refractivity (Wildman–Crippen MR) is 83.6 cm³/mol. The molecule has 3 heterocycles. The summed E-state index contributed by atoms with van der Waals surface area (Å²) in [5, 5.41) is 4.62. The molecule has 5 nitrogen and oxygen atoms in total. The van der Waals surface area contributed by atoms with Crippen LogP contribution in [-0.2, 0) is 30.6 Å². The van der Waals surface area contributed by atoms with E-state index in [-0.39, 0.29) is 6.10 Å². The molecule has 0 N–H and O–H groups in total. The van der Waals surface area contributed by atoms with Gasteiger partial charge < -0.3 is 9.30 Å². The van der Waals surface area contributed by atoms with Gasteiger partial charge >= 0.3 is 0 Å². The molecule has 2 aromatic rings. The van der Waals surface area contributed by atoms with Gasteiger partial charge in [0.1, 0.15) is 11.3 Å². The maximum atomic E-state index is 6.11. The number of rotatable bonds is 5. The molecule has 0 saturated carbocycles. The van der Waals surface area contributed by atoms with Crippen molar-refractivity contribution in [3.8, 4) is 0 Å². The molecule has 1 atom stereocenters. The maximum absolute atomic E-state index is 6.11. The van der Waals surface area contributed by atoms with E-state index < -0.39 is 0 Å². The largest absolute Gasteiger partial charge is 0.376 e. The van der Waals surface area contributed by atoms with Crippen LogP contribution in [0.5, 0.6) is 0 Å². The van der Waals surface area contributed by atoms with Crippen molar-refractivity contribution in [2.75, 3.05) is 6.61 Å². The highest BCUT2D eigenvalue weighted by Gasteiger charge is 2.22. The zero-order valence-corrected chi connectivity index (χ0v) is 13.6. The monoisotopic (exact) mass is 310 g/mol. The molecule has 2 aromatic heterocycles. The Morgan fingerprint density at radius 3 is 2.90 bits per heavy atom. The van der Waals surface area contributed by atoms with Crippen LogP contribution in [0.3, 0.4) is 0 Å². The Labute approximate surface area is 130 Å². The standard InChI is InChI=1S/C15H23ClN4O/c1-3-6-12-14-15(19(2)18-12)20(13(9-16)17-14)10-11-7-4-5-8-21-11/h11H,3-10H2,1-2H3. The number of imidazole rings is 1. The van der Waals surface area contributed by atoms with E-state index in [1.165, 1.54) is 12.8 Å². The van der Waals surface area contributed by atoms with Crippen molar-refractivity contribution in [1.82, 2.24) is 19.3 Å². The fourth-order valence-electron chi connectivity index (χ4n) is 3.14. The maximum Gasteiger partial charge on any atom is 0.158 e. The molecule has 3 rings (SSSR count). The number of halogens is 1. The average molecular weight is 311 g/mol. The summed E-state index contributed by atoms with van der Waals surface area (Å²) in [6, 6.07) is 0. The van der Waals surface area contributed by atoms with Gasteiger partial charge in [-0.25, -0.2) is 4.98 Å². The summed E-state index contributed by atoms with van der Waals surface area (Å²) >= 11 is 6.11. The minimum absolute atomic E-state index is 0.266. The van der Waals surface area contributed by atoms with Crippen LogP contribution in [0.1, 0.15) is 44.1 Å². The molecule has 1 unspecified atom stereocenters. The van der Waals surface area contributed by atoms with E-state index in [2.05, 4.69) is 16.6 Å². The molecular weight excluding hydrogens is 288 g/mol. The molecular formula is C15H23ClN4O. The first kappa shape index (κ1) is 14.9. The van der Waals surface area contributed by atoms with Gasteiger partial charge in [-0.2, -0.15) is 5.10 Å². The van der Waals surface area contributed by atoms with Crippen molar-refractivity contribution in [3.63, 3.8) is 0 Å². The Morgan fingerprint density at radius 1 is 1.38 bits per heavy atom. The minimum atomic E-state index is 0.266. The third-order valence-electron chi connectivity index (χ3n) is 4.14. The lowest BCUT2D eigenvalue weighted by Gasteiger charge is -2.23. The molecule has 116 valence electrons. The third kappa shape index (κ3) is 2.81. The number of ether oxygens (including phenoxy) is 1. The molecule has 0 amide bonds. The van der Waals surface area contributed by atoms with Crippen molar-refractivity contribution in [3.05, 3.63) is 11.5 Å². The van der Waals surface area contributed by atoms with E-state index in [1.807, 2.05) is 11.7 Å². The van der Waals surface area contributed by atoms with Crippen molar-refractivity contribution in [1.29, 1.82) is 0 Å². The molecule has 1 saturated heterocycles. The fraction of sp³-hybridized carbons (Fsp3) is 0.733. The van der Waals surface area contributed by atoms with Crippen LogP contribution < -0.4 is 0 Å². The van der Waals surface area contributed by atoms with Gasteiger partial charge in [0.05, 0.1) is 24.2 Å². The molecule has 21 heavy (non-hydrogen) atoms. The van der Waals surface area contributed by atoms with Crippen LogP contribution in [0, 0.1) is 0 Å². The van der Waals surface area contributed by atoms with Crippen LogP contribution in [0.4, 0.5) is 0 Å². The van der Waals surface area contributed by atoms with Crippen molar-refractivity contribution in [2.45, 2.75) is 57.6 Å². The fourth-order valence-corrected chi connectivity index (χ4v) is 3.34. The van der Waals surface area contributed by atoms with Gasteiger partial charge in [-0.1, -0.05) is 13.3 Å². The second-order valence-electron chi connectivity index (χ2n) is 5.75. The highest BCUT2D eigenvalue weighted by Crippen LogP contribution is 2.24. The number of fused-ring (bicyclic) bond motifs is 1. The summed E-state index contributed by atoms with van der Waals surface area (Å²) in [5.41, 5.74) is 3.15. The lowest BCUT2D eigenvalue weighted by molar-refractivity contribution is 0.00611. The number of aryl methyl sites for hydroxylation is 2. The Bertz CT molecular complexity index is 613. The van der Waals surface area contributed by atoms with E-state index in [0.717, 1.165) is 55.1 Å². The summed E-state index contributed by atoms with van der Waals surface area (Å²) in [4.78, 5) is 4.73. The van der Waals surface area contributed by atoms with E-state index in [9.17, 15) is 0 Å². The van der Waals surface area contributed by atoms with E-state index in [1.54, 1.807) is 0 Å². The van der Waals surface area contributed by atoms with Gasteiger partial charge in [0.2, 0.25) is 0 Å². The smallest absolute Gasteiger partial charge is 0.158 e. The SMILES string of the molecule is CCCc1nn(C)c2c1nc(CCl)n2CC1CCCCO1.